The highest BCUT2D eigenvalue weighted by atomic mass is 16.4. The Morgan fingerprint density at radius 3 is 1.56 bits per heavy atom. The van der Waals surface area contributed by atoms with E-state index in [-0.39, 0.29) is 5.91 Å². The van der Waals surface area contributed by atoms with Gasteiger partial charge in [0.25, 0.3) is 0 Å². The number of carboxylic acids is 1. The molecular formula is C41H74N6O7. The molecule has 8 N–H and O–H groups in total. The Hall–Kier alpha value is -3.74. The van der Waals surface area contributed by atoms with Crippen LogP contribution in [0.4, 0.5) is 0 Å². The van der Waals surface area contributed by atoms with E-state index in [9.17, 15) is 28.8 Å². The topological polar surface area (TPSA) is 209 Å². The van der Waals surface area contributed by atoms with Gasteiger partial charge in [-0.05, 0) is 71.8 Å². The fourth-order valence-electron chi connectivity index (χ4n) is 5.76. The number of hydrogen-bond acceptors (Lipinski definition) is 7. The first-order valence-corrected chi connectivity index (χ1v) is 20.7. The molecule has 0 saturated heterocycles. The van der Waals surface area contributed by atoms with E-state index in [1.54, 1.807) is 0 Å². The molecule has 0 aromatic heterocycles. The minimum atomic E-state index is -1.22. The first-order valence-electron chi connectivity index (χ1n) is 20.7. The lowest BCUT2D eigenvalue weighted by atomic mass is 10.1. The molecule has 0 bridgehead atoms. The molecule has 0 aliphatic heterocycles. The Morgan fingerprint density at radius 2 is 1.04 bits per heavy atom. The first kappa shape index (κ1) is 50.3. The highest BCUT2D eigenvalue weighted by molar-refractivity contribution is 5.94. The molecule has 54 heavy (non-hydrogen) atoms. The van der Waals surface area contributed by atoms with Crippen molar-refractivity contribution in [1.29, 1.82) is 0 Å². The molecule has 0 radical (unpaired) electrons. The molecule has 5 amide bonds. The molecule has 3 atom stereocenters. The van der Waals surface area contributed by atoms with Gasteiger partial charge in [0, 0.05) is 6.42 Å². The lowest BCUT2D eigenvalue weighted by Gasteiger charge is -2.21. The number of aliphatic carboxylic acids is 1. The minimum absolute atomic E-state index is 0.218. The van der Waals surface area contributed by atoms with Crippen LogP contribution in [-0.4, -0.2) is 78.4 Å². The van der Waals surface area contributed by atoms with Gasteiger partial charge in [0.2, 0.25) is 29.5 Å². The van der Waals surface area contributed by atoms with Gasteiger partial charge >= 0.3 is 5.97 Å². The summed E-state index contributed by atoms with van der Waals surface area (Å²) in [6, 6.07) is -2.84. The number of allylic oxidation sites excluding steroid dienone is 4. The average molecular weight is 763 g/mol. The van der Waals surface area contributed by atoms with Gasteiger partial charge in [-0.1, -0.05) is 115 Å². The Morgan fingerprint density at radius 1 is 0.556 bits per heavy atom. The maximum atomic E-state index is 13.0. The summed E-state index contributed by atoms with van der Waals surface area (Å²) in [5.74, 6) is -3.93. The number of carbonyl (C=O) groups is 6. The standard InChI is InChI=1S/C41H74N6O7/c1-4-5-6-7-8-9-10-11-12-13-14-15-16-17-18-19-20-21-22-23-24-25-29-36(48)47-35(28-26-27-30-42)41(54)46-34(3)40(53)43-31-37(49)45-33(2)39(52)44-32-38(50)51/h15-18,33-35H,4-14,19-32,42H2,1-3H3,(H,43,53)(H,44,52)(H,45,49)(H,46,54)(H,47,48)(H,50,51)/b16-15+,18-17+/t33-,34-,35-/m0/s1. The molecule has 0 spiro atoms. The number of nitrogens with one attached hydrogen (secondary N) is 5. The van der Waals surface area contributed by atoms with E-state index >= 15 is 0 Å². The molecule has 310 valence electrons. The van der Waals surface area contributed by atoms with Crippen molar-refractivity contribution in [2.24, 2.45) is 5.73 Å². The highest BCUT2D eigenvalue weighted by Gasteiger charge is 2.24. The molecule has 0 rings (SSSR count). The van der Waals surface area contributed by atoms with Crippen LogP contribution in [0.1, 0.15) is 162 Å². The van der Waals surface area contributed by atoms with Crippen molar-refractivity contribution in [2.45, 2.75) is 180 Å². The molecule has 0 saturated carbocycles. The largest absolute Gasteiger partial charge is 0.480 e. The second kappa shape index (κ2) is 35.0. The van der Waals surface area contributed by atoms with E-state index in [1.807, 2.05) is 0 Å². The summed E-state index contributed by atoms with van der Waals surface area (Å²) >= 11 is 0. The highest BCUT2D eigenvalue weighted by Crippen LogP contribution is 2.12. The summed E-state index contributed by atoms with van der Waals surface area (Å²) in [5.41, 5.74) is 5.61. The van der Waals surface area contributed by atoms with Gasteiger partial charge in [-0.2, -0.15) is 0 Å². The van der Waals surface area contributed by atoms with E-state index in [2.05, 4.69) is 57.8 Å². The zero-order valence-corrected chi connectivity index (χ0v) is 33.7. The number of carboxylic acid groups (broad SMARTS) is 1. The summed E-state index contributed by atoms with van der Waals surface area (Å²) in [4.78, 5) is 72.8. The van der Waals surface area contributed by atoms with Crippen LogP contribution in [0.15, 0.2) is 24.3 Å². The van der Waals surface area contributed by atoms with Crippen LogP contribution >= 0.6 is 0 Å². The average Bonchev–Trinajstić information content (AvgIpc) is 3.14. The smallest absolute Gasteiger partial charge is 0.322 e. The van der Waals surface area contributed by atoms with Gasteiger partial charge in [0.15, 0.2) is 0 Å². The monoisotopic (exact) mass is 763 g/mol. The zero-order valence-electron chi connectivity index (χ0n) is 33.7. The normalized spacial score (nSPS) is 13.0. The van der Waals surface area contributed by atoms with E-state index in [1.165, 1.54) is 78.1 Å². The zero-order chi connectivity index (χ0) is 40.2. The Labute approximate surface area is 325 Å². The van der Waals surface area contributed by atoms with Gasteiger partial charge in [0.1, 0.15) is 24.7 Å². The third-order valence-electron chi connectivity index (χ3n) is 9.09. The van der Waals surface area contributed by atoms with Crippen molar-refractivity contribution < 1.29 is 33.9 Å². The summed E-state index contributed by atoms with van der Waals surface area (Å²) in [6.45, 7) is 4.51. The van der Waals surface area contributed by atoms with E-state index in [0.717, 1.165) is 51.4 Å². The van der Waals surface area contributed by atoms with Gasteiger partial charge in [-0.3, -0.25) is 28.8 Å². The molecule has 0 unspecified atom stereocenters. The molecule has 0 fully saturated rings. The fourth-order valence-corrected chi connectivity index (χ4v) is 5.76. The number of hydrogen-bond donors (Lipinski definition) is 7. The van der Waals surface area contributed by atoms with Gasteiger partial charge in [-0.25, -0.2) is 0 Å². The molecule has 13 heteroatoms. The summed E-state index contributed by atoms with van der Waals surface area (Å²) in [6.07, 6.45) is 32.9. The van der Waals surface area contributed by atoms with Crippen LogP contribution in [0.5, 0.6) is 0 Å². The van der Waals surface area contributed by atoms with Crippen molar-refractivity contribution >= 4 is 35.5 Å². The second-order valence-electron chi connectivity index (χ2n) is 14.2. The maximum absolute atomic E-state index is 13.0. The van der Waals surface area contributed by atoms with E-state index in [4.69, 9.17) is 10.8 Å². The van der Waals surface area contributed by atoms with Crippen LogP contribution in [-0.2, 0) is 28.8 Å². The molecule has 13 nitrogen and oxygen atoms in total. The number of amides is 5. The Kier molecular flexibility index (Phi) is 32.6. The number of nitrogens with two attached hydrogens (primary N) is 1. The third kappa shape index (κ3) is 30.7. The van der Waals surface area contributed by atoms with Crippen LogP contribution < -0.4 is 32.3 Å². The number of carbonyl (C=O) groups excluding carboxylic acids is 5. The molecule has 0 aromatic carbocycles. The van der Waals surface area contributed by atoms with Crippen molar-refractivity contribution in [3.05, 3.63) is 24.3 Å². The lowest BCUT2D eigenvalue weighted by Crippen LogP contribution is -2.54. The van der Waals surface area contributed by atoms with Crippen LogP contribution in [0.2, 0.25) is 0 Å². The fraction of sp³-hybridized carbons (Fsp3) is 0.756. The Bertz CT molecular complexity index is 1110. The predicted molar refractivity (Wildman–Crippen MR) is 215 cm³/mol. The predicted octanol–water partition coefficient (Wildman–Crippen LogP) is 5.47. The first-order chi connectivity index (χ1) is 26.0. The van der Waals surface area contributed by atoms with E-state index < -0.39 is 60.8 Å². The van der Waals surface area contributed by atoms with Crippen molar-refractivity contribution in [3.8, 4) is 0 Å². The van der Waals surface area contributed by atoms with Gasteiger partial charge in [0.05, 0.1) is 6.54 Å². The Balaban J connectivity index is 4.21. The van der Waals surface area contributed by atoms with Crippen LogP contribution in [0.25, 0.3) is 0 Å². The quantitative estimate of drug-likeness (QED) is 0.0325. The summed E-state index contributed by atoms with van der Waals surface area (Å²) < 4.78 is 0. The van der Waals surface area contributed by atoms with Crippen molar-refractivity contribution in [2.75, 3.05) is 19.6 Å². The van der Waals surface area contributed by atoms with E-state index in [0.29, 0.717) is 32.2 Å². The lowest BCUT2D eigenvalue weighted by molar-refractivity contribution is -0.138. The van der Waals surface area contributed by atoms with Gasteiger partial charge < -0.3 is 37.4 Å². The summed E-state index contributed by atoms with van der Waals surface area (Å²) in [5, 5.41) is 20.9. The molecule has 0 heterocycles. The summed E-state index contributed by atoms with van der Waals surface area (Å²) in [7, 11) is 0. The minimum Gasteiger partial charge on any atom is -0.480 e. The molecule has 0 aromatic rings. The number of rotatable bonds is 35. The molecule has 0 aliphatic carbocycles. The SMILES string of the molecule is CCCCCCCCCCCC/C=C/C=C/CCCCCCCCC(=O)N[C@@H](CCCCN)C(=O)N[C@@H](C)C(=O)NCC(=O)N[C@@H](C)C(=O)NCC(=O)O. The third-order valence-corrected chi connectivity index (χ3v) is 9.09. The van der Waals surface area contributed by atoms with Crippen LogP contribution in [0.3, 0.4) is 0 Å². The van der Waals surface area contributed by atoms with Crippen molar-refractivity contribution in [3.63, 3.8) is 0 Å². The van der Waals surface area contributed by atoms with Crippen molar-refractivity contribution in [1.82, 2.24) is 26.6 Å². The maximum Gasteiger partial charge on any atom is 0.322 e. The molecular weight excluding hydrogens is 688 g/mol. The van der Waals surface area contributed by atoms with Gasteiger partial charge in [-0.15, -0.1) is 0 Å². The molecule has 0 aliphatic rings. The second-order valence-corrected chi connectivity index (χ2v) is 14.2. The number of unbranched alkanes of at least 4 members (excludes halogenated alkanes) is 17. The van der Waals surface area contributed by atoms with Crippen LogP contribution in [0, 0.1) is 0 Å².